The van der Waals surface area contributed by atoms with E-state index in [1.54, 1.807) is 0 Å². The molecule has 0 aliphatic carbocycles. The van der Waals surface area contributed by atoms with Crippen LogP contribution in [0.15, 0.2) is 6.07 Å². The van der Waals surface area contributed by atoms with Crippen molar-refractivity contribution in [3.63, 3.8) is 0 Å². The quantitative estimate of drug-likeness (QED) is 0.868. The van der Waals surface area contributed by atoms with Crippen molar-refractivity contribution in [2.75, 3.05) is 13.1 Å². The van der Waals surface area contributed by atoms with Gasteiger partial charge in [0, 0.05) is 12.2 Å². The Labute approximate surface area is 105 Å². The molecule has 1 aromatic rings. The third-order valence-corrected chi connectivity index (χ3v) is 3.72. The Hall–Kier alpha value is -0.830. The largest absolute Gasteiger partial charge is 0.316 e. The molecular weight excluding hydrogens is 210 g/mol. The first kappa shape index (κ1) is 12.6. The molecule has 0 amide bonds. The van der Waals surface area contributed by atoms with Crippen molar-refractivity contribution in [1.29, 1.82) is 0 Å². The number of nitrogens with one attached hydrogen (secondary N) is 1. The number of nitrogens with zero attached hydrogens (tertiary/aromatic N) is 2. The molecule has 2 heterocycles. The van der Waals surface area contributed by atoms with Crippen molar-refractivity contribution >= 4 is 0 Å². The van der Waals surface area contributed by atoms with E-state index in [1.807, 2.05) is 0 Å². The van der Waals surface area contributed by atoms with Crippen LogP contribution in [0.4, 0.5) is 0 Å². The number of hydrogen-bond donors (Lipinski definition) is 1. The molecule has 1 atom stereocenters. The zero-order valence-electron chi connectivity index (χ0n) is 11.2. The Morgan fingerprint density at radius 2 is 2.29 bits per heavy atom. The van der Waals surface area contributed by atoms with Crippen molar-refractivity contribution in [3.05, 3.63) is 17.5 Å². The fourth-order valence-electron chi connectivity index (χ4n) is 2.69. The molecule has 0 radical (unpaired) electrons. The van der Waals surface area contributed by atoms with E-state index in [1.165, 1.54) is 50.2 Å². The van der Waals surface area contributed by atoms with Crippen LogP contribution in [0.2, 0.25) is 0 Å². The first-order chi connectivity index (χ1) is 8.33. The van der Waals surface area contributed by atoms with Crippen LogP contribution in [0.25, 0.3) is 0 Å². The smallest absolute Gasteiger partial charge is 0.0624 e. The Morgan fingerprint density at radius 3 is 3.06 bits per heavy atom. The van der Waals surface area contributed by atoms with Gasteiger partial charge >= 0.3 is 0 Å². The number of aromatic nitrogens is 2. The van der Waals surface area contributed by atoms with Crippen LogP contribution < -0.4 is 5.32 Å². The predicted molar refractivity (Wildman–Crippen MR) is 71.2 cm³/mol. The summed E-state index contributed by atoms with van der Waals surface area (Å²) < 4.78 is 2.18. The van der Waals surface area contributed by atoms with E-state index in [0.29, 0.717) is 0 Å². The van der Waals surface area contributed by atoms with Crippen molar-refractivity contribution in [2.45, 2.75) is 52.5 Å². The van der Waals surface area contributed by atoms with Gasteiger partial charge in [0.05, 0.1) is 5.69 Å². The Bertz CT molecular complexity index is 335. The monoisotopic (exact) mass is 235 g/mol. The summed E-state index contributed by atoms with van der Waals surface area (Å²) in [6, 6.07) is 2.30. The van der Waals surface area contributed by atoms with Crippen LogP contribution in [0.3, 0.4) is 0 Å². The van der Waals surface area contributed by atoms with Crippen molar-refractivity contribution in [1.82, 2.24) is 15.1 Å². The first-order valence-electron chi connectivity index (χ1n) is 7.09. The van der Waals surface area contributed by atoms with Crippen LogP contribution in [0.5, 0.6) is 0 Å². The lowest BCUT2D eigenvalue weighted by Gasteiger charge is -2.14. The van der Waals surface area contributed by atoms with Crippen LogP contribution in [0.1, 0.15) is 44.5 Å². The van der Waals surface area contributed by atoms with E-state index in [0.717, 1.165) is 18.9 Å². The minimum Gasteiger partial charge on any atom is -0.316 e. The summed E-state index contributed by atoms with van der Waals surface area (Å²) >= 11 is 0. The van der Waals surface area contributed by atoms with Gasteiger partial charge in [0.15, 0.2) is 0 Å². The van der Waals surface area contributed by atoms with E-state index >= 15 is 0 Å². The van der Waals surface area contributed by atoms with E-state index in [2.05, 4.69) is 35.0 Å². The average molecular weight is 235 g/mol. The number of aryl methyl sites for hydroxylation is 2. The van der Waals surface area contributed by atoms with E-state index in [4.69, 9.17) is 0 Å². The Kier molecular flexibility index (Phi) is 4.60. The SMILES string of the molecule is CCc1cc(CC2CCCCNC2)n(CC)n1. The molecule has 0 bridgehead atoms. The van der Waals surface area contributed by atoms with E-state index in [-0.39, 0.29) is 0 Å². The second kappa shape index (κ2) is 6.20. The van der Waals surface area contributed by atoms with Crippen molar-refractivity contribution in [3.8, 4) is 0 Å². The fraction of sp³-hybridized carbons (Fsp3) is 0.786. The molecule has 2 rings (SSSR count). The van der Waals surface area contributed by atoms with E-state index in [9.17, 15) is 0 Å². The molecule has 1 fully saturated rings. The molecule has 0 aromatic carbocycles. The third-order valence-electron chi connectivity index (χ3n) is 3.72. The highest BCUT2D eigenvalue weighted by atomic mass is 15.3. The molecule has 3 heteroatoms. The van der Waals surface area contributed by atoms with Crippen LogP contribution in [-0.2, 0) is 19.4 Å². The van der Waals surface area contributed by atoms with Crippen LogP contribution in [0, 0.1) is 5.92 Å². The van der Waals surface area contributed by atoms with E-state index < -0.39 is 0 Å². The maximum absolute atomic E-state index is 4.63. The second-order valence-electron chi connectivity index (χ2n) is 5.07. The van der Waals surface area contributed by atoms with Crippen LogP contribution >= 0.6 is 0 Å². The molecule has 17 heavy (non-hydrogen) atoms. The van der Waals surface area contributed by atoms with Gasteiger partial charge in [-0.1, -0.05) is 13.3 Å². The molecule has 0 saturated carbocycles. The lowest BCUT2D eigenvalue weighted by Crippen LogP contribution is -2.22. The number of hydrogen-bond acceptors (Lipinski definition) is 2. The first-order valence-corrected chi connectivity index (χ1v) is 7.09. The molecule has 96 valence electrons. The molecule has 1 aliphatic heterocycles. The van der Waals surface area contributed by atoms with Gasteiger partial charge in [-0.05, 0) is 57.7 Å². The zero-order chi connectivity index (χ0) is 12.1. The van der Waals surface area contributed by atoms with Gasteiger partial charge in [-0.3, -0.25) is 4.68 Å². The second-order valence-corrected chi connectivity index (χ2v) is 5.07. The molecule has 1 saturated heterocycles. The van der Waals surface area contributed by atoms with Gasteiger partial charge in [0.2, 0.25) is 0 Å². The normalized spacial score (nSPS) is 21.4. The van der Waals surface area contributed by atoms with Gasteiger partial charge in [-0.15, -0.1) is 0 Å². The third kappa shape index (κ3) is 3.32. The van der Waals surface area contributed by atoms with Gasteiger partial charge in [-0.2, -0.15) is 5.10 Å². The van der Waals surface area contributed by atoms with Gasteiger partial charge in [0.1, 0.15) is 0 Å². The standard InChI is InChI=1S/C14H25N3/c1-3-13-10-14(17(4-2)16-13)9-12-7-5-6-8-15-11-12/h10,12,15H,3-9,11H2,1-2H3. The molecule has 0 spiro atoms. The molecule has 1 aromatic heterocycles. The van der Waals surface area contributed by atoms with Gasteiger partial charge < -0.3 is 5.32 Å². The maximum Gasteiger partial charge on any atom is 0.0624 e. The Balaban J connectivity index is 2.02. The molecule has 1 aliphatic rings. The summed E-state index contributed by atoms with van der Waals surface area (Å²) in [5, 5.41) is 8.18. The summed E-state index contributed by atoms with van der Waals surface area (Å²) in [5.41, 5.74) is 2.67. The number of rotatable bonds is 4. The highest BCUT2D eigenvalue weighted by Gasteiger charge is 2.15. The minimum atomic E-state index is 0.796. The summed E-state index contributed by atoms with van der Waals surface area (Å²) in [5.74, 6) is 0.796. The minimum absolute atomic E-state index is 0.796. The van der Waals surface area contributed by atoms with Crippen LogP contribution in [-0.4, -0.2) is 22.9 Å². The summed E-state index contributed by atoms with van der Waals surface area (Å²) in [6.07, 6.45) is 6.31. The average Bonchev–Trinajstić information content (AvgIpc) is 2.56. The molecule has 1 N–H and O–H groups in total. The van der Waals surface area contributed by atoms with Gasteiger partial charge in [0.25, 0.3) is 0 Å². The fourth-order valence-corrected chi connectivity index (χ4v) is 2.69. The van der Waals surface area contributed by atoms with Crippen molar-refractivity contribution < 1.29 is 0 Å². The highest BCUT2D eigenvalue weighted by Crippen LogP contribution is 2.18. The Morgan fingerprint density at radius 1 is 1.41 bits per heavy atom. The topological polar surface area (TPSA) is 29.9 Å². The molecular formula is C14H25N3. The zero-order valence-corrected chi connectivity index (χ0v) is 11.2. The lowest BCUT2D eigenvalue weighted by atomic mass is 9.97. The van der Waals surface area contributed by atoms with Gasteiger partial charge in [-0.25, -0.2) is 0 Å². The maximum atomic E-state index is 4.63. The highest BCUT2D eigenvalue weighted by molar-refractivity contribution is 5.11. The summed E-state index contributed by atoms with van der Waals surface area (Å²) in [4.78, 5) is 0. The summed E-state index contributed by atoms with van der Waals surface area (Å²) in [6.45, 7) is 7.73. The molecule has 3 nitrogen and oxygen atoms in total. The lowest BCUT2D eigenvalue weighted by molar-refractivity contribution is 0.456. The summed E-state index contributed by atoms with van der Waals surface area (Å²) in [7, 11) is 0. The predicted octanol–water partition coefficient (Wildman–Crippen LogP) is 2.40. The van der Waals surface area contributed by atoms with Crippen molar-refractivity contribution in [2.24, 2.45) is 5.92 Å². The molecule has 1 unspecified atom stereocenters.